The fourth-order valence-corrected chi connectivity index (χ4v) is 1.51. The van der Waals surface area contributed by atoms with Crippen LogP contribution < -0.4 is 0 Å². The van der Waals surface area contributed by atoms with E-state index in [1.807, 2.05) is 13.1 Å². The molecule has 0 aromatic rings. The van der Waals surface area contributed by atoms with Crippen molar-refractivity contribution >= 4 is 6.21 Å². The highest BCUT2D eigenvalue weighted by atomic mass is 14.8. The number of hydrogen-bond acceptors (Lipinski definition) is 1. The Hall–Kier alpha value is -0.330. The van der Waals surface area contributed by atoms with Crippen molar-refractivity contribution in [1.82, 2.24) is 0 Å². The summed E-state index contributed by atoms with van der Waals surface area (Å²) in [6.45, 7) is 15.8. The second-order valence-electron chi connectivity index (χ2n) is 4.91. The third kappa shape index (κ3) is 3.13. The lowest BCUT2D eigenvalue weighted by molar-refractivity contribution is 0.134. The lowest BCUT2D eigenvalue weighted by atomic mass is 9.69. The van der Waals surface area contributed by atoms with E-state index in [1.165, 1.54) is 0 Å². The van der Waals surface area contributed by atoms with E-state index in [-0.39, 0.29) is 0 Å². The molecule has 0 amide bonds. The topological polar surface area (TPSA) is 12.4 Å². The highest BCUT2D eigenvalue weighted by molar-refractivity contribution is 5.53. The number of aliphatic imine (C=N–C) groups is 1. The minimum absolute atomic E-state index is 0.367. The molecule has 0 aromatic carbocycles. The van der Waals surface area contributed by atoms with Crippen LogP contribution in [0.3, 0.4) is 0 Å². The van der Waals surface area contributed by atoms with E-state index in [4.69, 9.17) is 0 Å². The van der Waals surface area contributed by atoms with Gasteiger partial charge in [0, 0.05) is 6.04 Å². The van der Waals surface area contributed by atoms with Crippen LogP contribution in [-0.4, -0.2) is 12.3 Å². The van der Waals surface area contributed by atoms with Gasteiger partial charge in [0.2, 0.25) is 0 Å². The Morgan fingerprint density at radius 3 is 1.85 bits per heavy atom. The van der Waals surface area contributed by atoms with Gasteiger partial charge in [-0.15, -0.1) is 0 Å². The van der Waals surface area contributed by atoms with Crippen molar-refractivity contribution in [2.24, 2.45) is 22.2 Å². The third-order valence-corrected chi connectivity index (χ3v) is 3.77. The summed E-state index contributed by atoms with van der Waals surface area (Å²) in [5, 5.41) is 0. The van der Waals surface area contributed by atoms with Crippen molar-refractivity contribution in [3.63, 3.8) is 0 Å². The first-order chi connectivity index (χ1) is 5.84. The maximum absolute atomic E-state index is 4.45. The lowest BCUT2D eigenvalue weighted by Crippen LogP contribution is -2.33. The largest absolute Gasteiger partial charge is 0.294 e. The average molecular weight is 183 g/mol. The maximum Gasteiger partial charge on any atom is 0.0498 e. The van der Waals surface area contributed by atoms with Gasteiger partial charge >= 0.3 is 0 Å². The summed E-state index contributed by atoms with van der Waals surface area (Å²) in [6.07, 6.45) is 1.91. The summed E-state index contributed by atoms with van der Waals surface area (Å²) in [6, 6.07) is 0.433. The van der Waals surface area contributed by atoms with Crippen LogP contribution in [0.1, 0.15) is 48.5 Å². The Balaban J connectivity index is 4.48. The SMILES string of the molecule is C/C=N\[C@@H](C)[C@@H](C)C(C)(C)C(C)C. The predicted octanol–water partition coefficient (Wildman–Crippen LogP) is 3.78. The second kappa shape index (κ2) is 4.78. The van der Waals surface area contributed by atoms with Gasteiger partial charge in [0.05, 0.1) is 0 Å². The Morgan fingerprint density at radius 1 is 1.08 bits per heavy atom. The van der Waals surface area contributed by atoms with Gasteiger partial charge in [0.15, 0.2) is 0 Å². The van der Waals surface area contributed by atoms with E-state index < -0.39 is 0 Å². The summed E-state index contributed by atoms with van der Waals surface area (Å²) in [5.74, 6) is 1.33. The van der Waals surface area contributed by atoms with Crippen LogP contribution in [0.2, 0.25) is 0 Å². The zero-order valence-electron chi connectivity index (χ0n) is 10.3. The molecule has 0 aliphatic carbocycles. The molecule has 0 bridgehead atoms. The minimum Gasteiger partial charge on any atom is -0.294 e. The molecule has 78 valence electrons. The Morgan fingerprint density at radius 2 is 1.54 bits per heavy atom. The molecule has 0 heterocycles. The molecular weight excluding hydrogens is 158 g/mol. The summed E-state index contributed by atoms with van der Waals surface area (Å²) < 4.78 is 0. The van der Waals surface area contributed by atoms with Crippen molar-refractivity contribution in [3.8, 4) is 0 Å². The van der Waals surface area contributed by atoms with E-state index >= 15 is 0 Å². The molecule has 0 radical (unpaired) electrons. The molecular formula is C12H25N. The van der Waals surface area contributed by atoms with Gasteiger partial charge in [-0.3, -0.25) is 4.99 Å². The van der Waals surface area contributed by atoms with Crippen molar-refractivity contribution in [3.05, 3.63) is 0 Å². The average Bonchev–Trinajstić information content (AvgIpc) is 2.03. The van der Waals surface area contributed by atoms with E-state index in [0.717, 1.165) is 0 Å². The highest BCUT2D eigenvalue weighted by Crippen LogP contribution is 2.37. The van der Waals surface area contributed by atoms with Gasteiger partial charge < -0.3 is 0 Å². The molecule has 0 aliphatic rings. The molecule has 0 N–H and O–H groups in total. The molecule has 1 nitrogen and oxygen atoms in total. The Kier molecular flexibility index (Phi) is 4.66. The summed E-state index contributed by atoms with van der Waals surface area (Å²) in [7, 11) is 0. The molecule has 0 aliphatic heterocycles. The van der Waals surface area contributed by atoms with Crippen LogP contribution in [0.5, 0.6) is 0 Å². The van der Waals surface area contributed by atoms with Crippen molar-refractivity contribution < 1.29 is 0 Å². The smallest absolute Gasteiger partial charge is 0.0498 e. The number of hydrogen-bond donors (Lipinski definition) is 0. The van der Waals surface area contributed by atoms with Gasteiger partial charge in [-0.2, -0.15) is 0 Å². The third-order valence-electron chi connectivity index (χ3n) is 3.77. The summed E-state index contributed by atoms with van der Waals surface area (Å²) >= 11 is 0. The maximum atomic E-state index is 4.45. The van der Waals surface area contributed by atoms with Crippen LogP contribution in [0.25, 0.3) is 0 Å². The molecule has 0 unspecified atom stereocenters. The quantitative estimate of drug-likeness (QED) is 0.588. The van der Waals surface area contributed by atoms with Crippen LogP contribution in [0.4, 0.5) is 0 Å². The summed E-state index contributed by atoms with van der Waals surface area (Å²) in [5.41, 5.74) is 0.367. The molecule has 0 fully saturated rings. The minimum atomic E-state index is 0.367. The van der Waals surface area contributed by atoms with Gasteiger partial charge in [-0.05, 0) is 37.3 Å². The van der Waals surface area contributed by atoms with Gasteiger partial charge in [0.25, 0.3) is 0 Å². The molecule has 13 heavy (non-hydrogen) atoms. The van der Waals surface area contributed by atoms with Crippen LogP contribution in [0.15, 0.2) is 4.99 Å². The lowest BCUT2D eigenvalue weighted by Gasteiger charge is -2.38. The number of nitrogens with zero attached hydrogens (tertiary/aromatic N) is 1. The molecule has 2 atom stereocenters. The van der Waals surface area contributed by atoms with Gasteiger partial charge in [-0.25, -0.2) is 0 Å². The summed E-state index contributed by atoms with van der Waals surface area (Å²) in [4.78, 5) is 4.45. The van der Waals surface area contributed by atoms with Crippen molar-refractivity contribution in [2.45, 2.75) is 54.5 Å². The van der Waals surface area contributed by atoms with Crippen molar-refractivity contribution in [1.29, 1.82) is 0 Å². The molecule has 0 aromatic heterocycles. The van der Waals surface area contributed by atoms with Crippen molar-refractivity contribution in [2.75, 3.05) is 0 Å². The zero-order chi connectivity index (χ0) is 10.6. The standard InChI is InChI=1S/C12H25N/c1-8-13-11(5)10(4)12(6,7)9(2)3/h8-11H,1-7H3/b13-8-/t10-,11+/m1/s1. The highest BCUT2D eigenvalue weighted by Gasteiger charge is 2.32. The normalized spacial score (nSPS) is 18.2. The second-order valence-corrected chi connectivity index (χ2v) is 4.91. The first-order valence-electron chi connectivity index (χ1n) is 5.31. The van der Waals surface area contributed by atoms with Crippen LogP contribution in [0, 0.1) is 17.3 Å². The Bertz CT molecular complexity index is 168. The van der Waals surface area contributed by atoms with Crippen LogP contribution >= 0.6 is 0 Å². The van der Waals surface area contributed by atoms with E-state index in [9.17, 15) is 0 Å². The monoisotopic (exact) mass is 183 g/mol. The molecule has 0 spiro atoms. The van der Waals surface area contributed by atoms with Gasteiger partial charge in [-0.1, -0.05) is 34.6 Å². The number of rotatable bonds is 4. The molecule has 0 saturated heterocycles. The molecule has 1 heteroatoms. The predicted molar refractivity (Wildman–Crippen MR) is 61.4 cm³/mol. The van der Waals surface area contributed by atoms with E-state index in [0.29, 0.717) is 23.3 Å². The molecule has 0 saturated carbocycles. The molecule has 0 rings (SSSR count). The van der Waals surface area contributed by atoms with Gasteiger partial charge in [0.1, 0.15) is 0 Å². The fourth-order valence-electron chi connectivity index (χ4n) is 1.51. The fraction of sp³-hybridized carbons (Fsp3) is 0.917. The first kappa shape index (κ1) is 12.7. The first-order valence-corrected chi connectivity index (χ1v) is 5.31. The Labute approximate surface area is 83.6 Å². The zero-order valence-corrected chi connectivity index (χ0v) is 10.3. The van der Waals surface area contributed by atoms with E-state index in [1.54, 1.807) is 0 Å². The van der Waals surface area contributed by atoms with E-state index in [2.05, 4.69) is 46.5 Å². The van der Waals surface area contributed by atoms with Crippen LogP contribution in [-0.2, 0) is 0 Å².